The smallest absolute Gasteiger partial charge is 0.334 e. The summed E-state index contributed by atoms with van der Waals surface area (Å²) in [7, 11) is -1.81. The normalized spacial score (nSPS) is 12.0. The van der Waals surface area contributed by atoms with E-state index in [2.05, 4.69) is 22.5 Å². The molecule has 0 heterocycles. The van der Waals surface area contributed by atoms with Gasteiger partial charge >= 0.3 is 8.56 Å². The van der Waals surface area contributed by atoms with E-state index in [1.165, 1.54) is 12.8 Å². The highest BCUT2D eigenvalue weighted by Gasteiger charge is 2.29. The zero-order valence-electron chi connectivity index (χ0n) is 8.94. The maximum Gasteiger partial charge on any atom is 0.334 e. The fourth-order valence-electron chi connectivity index (χ4n) is 1.34. The maximum atomic E-state index is 5.72. The van der Waals surface area contributed by atoms with Gasteiger partial charge in [-0.2, -0.15) is 0 Å². The Hall–Kier alpha value is 0.617. The number of unbranched alkanes of at least 4 members (excludes halogenated alkanes) is 1. The van der Waals surface area contributed by atoms with E-state index in [1.54, 1.807) is 0 Å². The number of hydrogen-bond acceptors (Lipinski definition) is 2. The second-order valence-electron chi connectivity index (χ2n) is 3.15. The number of alkyl halides is 1. The molecular formula is C9H21BrO2Si. The Kier molecular flexibility index (Phi) is 8.35. The lowest BCUT2D eigenvalue weighted by atomic mass is 10.4. The van der Waals surface area contributed by atoms with Crippen LogP contribution in [0.25, 0.3) is 0 Å². The van der Waals surface area contributed by atoms with Crippen molar-refractivity contribution in [3.63, 3.8) is 0 Å². The summed E-state index contributed by atoms with van der Waals surface area (Å²) in [5, 5.41) is 1.08. The van der Waals surface area contributed by atoms with Crippen LogP contribution in [0.1, 0.15) is 26.7 Å². The first-order valence-corrected chi connectivity index (χ1v) is 8.67. The Morgan fingerprint density at radius 3 is 2.00 bits per heavy atom. The molecule has 0 aromatic heterocycles. The lowest BCUT2D eigenvalue weighted by Gasteiger charge is -2.25. The quantitative estimate of drug-likeness (QED) is 0.382. The summed E-state index contributed by atoms with van der Waals surface area (Å²) < 4.78 is 11.4. The first-order valence-electron chi connectivity index (χ1n) is 5.02. The van der Waals surface area contributed by atoms with Gasteiger partial charge in [0.1, 0.15) is 0 Å². The van der Waals surface area contributed by atoms with E-state index in [0.717, 1.165) is 24.6 Å². The molecule has 0 atom stereocenters. The molecule has 4 heteroatoms. The molecule has 0 aliphatic heterocycles. The highest BCUT2D eigenvalue weighted by Crippen LogP contribution is 2.17. The lowest BCUT2D eigenvalue weighted by molar-refractivity contribution is 0.188. The predicted octanol–water partition coefficient (Wildman–Crippen LogP) is 3.31. The molecule has 0 aliphatic rings. The summed E-state index contributed by atoms with van der Waals surface area (Å²) in [6.45, 7) is 7.78. The topological polar surface area (TPSA) is 18.5 Å². The van der Waals surface area contributed by atoms with Crippen LogP contribution >= 0.6 is 15.9 Å². The average Bonchev–Trinajstić information content (AvgIpc) is 2.05. The zero-order valence-corrected chi connectivity index (χ0v) is 11.5. The Labute approximate surface area is 91.4 Å². The summed E-state index contributed by atoms with van der Waals surface area (Å²) in [5.41, 5.74) is 0. The molecule has 0 aliphatic carbocycles. The summed E-state index contributed by atoms with van der Waals surface area (Å²) in [6, 6.07) is 1.11. The van der Waals surface area contributed by atoms with Crippen molar-refractivity contribution in [2.45, 2.75) is 39.3 Å². The van der Waals surface area contributed by atoms with Crippen molar-refractivity contribution in [2.24, 2.45) is 0 Å². The summed E-state index contributed by atoms with van der Waals surface area (Å²) in [5.74, 6) is 0. The van der Waals surface area contributed by atoms with E-state index in [9.17, 15) is 0 Å². The third-order valence-corrected chi connectivity index (χ3v) is 5.54. The molecule has 0 bridgehead atoms. The number of hydrogen-bond donors (Lipinski definition) is 0. The molecule has 0 saturated heterocycles. The summed E-state index contributed by atoms with van der Waals surface area (Å²) in [6.07, 6.45) is 2.41. The van der Waals surface area contributed by atoms with Gasteiger partial charge in [-0.05, 0) is 32.9 Å². The maximum absolute atomic E-state index is 5.72. The molecule has 2 nitrogen and oxygen atoms in total. The van der Waals surface area contributed by atoms with Gasteiger partial charge in [0.2, 0.25) is 0 Å². The van der Waals surface area contributed by atoms with Crippen LogP contribution in [0.15, 0.2) is 0 Å². The van der Waals surface area contributed by atoms with Crippen molar-refractivity contribution in [3.8, 4) is 0 Å². The van der Waals surface area contributed by atoms with Gasteiger partial charge in [-0.1, -0.05) is 22.4 Å². The predicted molar refractivity (Wildman–Crippen MR) is 62.7 cm³/mol. The molecule has 80 valence electrons. The van der Waals surface area contributed by atoms with E-state index in [-0.39, 0.29) is 0 Å². The van der Waals surface area contributed by atoms with E-state index >= 15 is 0 Å². The van der Waals surface area contributed by atoms with Crippen molar-refractivity contribution < 1.29 is 8.85 Å². The van der Waals surface area contributed by atoms with Gasteiger partial charge in [-0.3, -0.25) is 0 Å². The monoisotopic (exact) mass is 268 g/mol. The van der Waals surface area contributed by atoms with Gasteiger partial charge in [0, 0.05) is 18.5 Å². The molecule has 0 spiro atoms. The SMILES string of the molecule is CCO[Si](C)(CCCCBr)OCC. The zero-order chi connectivity index (χ0) is 10.2. The Morgan fingerprint density at radius 2 is 1.62 bits per heavy atom. The van der Waals surface area contributed by atoms with Crippen LogP contribution in [0.5, 0.6) is 0 Å². The van der Waals surface area contributed by atoms with Gasteiger partial charge in [-0.25, -0.2) is 0 Å². The standard InChI is InChI=1S/C9H21BrO2Si/c1-4-11-13(3,12-5-2)9-7-6-8-10/h4-9H2,1-3H3. The van der Waals surface area contributed by atoms with Crippen molar-refractivity contribution in [1.29, 1.82) is 0 Å². The van der Waals surface area contributed by atoms with Gasteiger partial charge in [-0.15, -0.1) is 0 Å². The van der Waals surface area contributed by atoms with E-state index in [4.69, 9.17) is 8.85 Å². The minimum atomic E-state index is -1.81. The van der Waals surface area contributed by atoms with E-state index < -0.39 is 8.56 Å². The molecule has 0 saturated carbocycles. The average molecular weight is 269 g/mol. The first-order chi connectivity index (χ1) is 6.18. The third-order valence-electron chi connectivity index (χ3n) is 1.91. The molecule has 0 aromatic rings. The number of rotatable bonds is 8. The Bertz CT molecular complexity index is 116. The molecule has 0 N–H and O–H groups in total. The molecular weight excluding hydrogens is 248 g/mol. The molecule has 0 radical (unpaired) electrons. The minimum absolute atomic E-state index is 0.775. The van der Waals surface area contributed by atoms with Crippen LogP contribution in [0.3, 0.4) is 0 Å². The highest BCUT2D eigenvalue weighted by atomic mass is 79.9. The van der Waals surface area contributed by atoms with Crippen molar-refractivity contribution in [3.05, 3.63) is 0 Å². The van der Waals surface area contributed by atoms with Crippen LogP contribution in [0.4, 0.5) is 0 Å². The largest absolute Gasteiger partial charge is 0.395 e. The lowest BCUT2D eigenvalue weighted by Crippen LogP contribution is -2.38. The Morgan fingerprint density at radius 1 is 1.08 bits per heavy atom. The summed E-state index contributed by atoms with van der Waals surface area (Å²) in [4.78, 5) is 0. The van der Waals surface area contributed by atoms with Gasteiger partial charge in [0.25, 0.3) is 0 Å². The molecule has 0 fully saturated rings. The van der Waals surface area contributed by atoms with Crippen LogP contribution in [-0.4, -0.2) is 27.1 Å². The van der Waals surface area contributed by atoms with Crippen molar-refractivity contribution >= 4 is 24.5 Å². The fourth-order valence-corrected chi connectivity index (χ4v) is 4.22. The first kappa shape index (κ1) is 13.6. The van der Waals surface area contributed by atoms with E-state index in [0.29, 0.717) is 0 Å². The van der Waals surface area contributed by atoms with Crippen LogP contribution in [0, 0.1) is 0 Å². The second kappa shape index (κ2) is 7.97. The molecule has 0 aromatic carbocycles. The second-order valence-corrected chi connectivity index (χ2v) is 7.28. The molecule has 0 unspecified atom stereocenters. The minimum Gasteiger partial charge on any atom is -0.395 e. The fraction of sp³-hybridized carbons (Fsp3) is 1.00. The van der Waals surface area contributed by atoms with Gasteiger partial charge in [0.05, 0.1) is 0 Å². The van der Waals surface area contributed by atoms with E-state index in [1.807, 2.05) is 13.8 Å². The van der Waals surface area contributed by atoms with Gasteiger partial charge < -0.3 is 8.85 Å². The molecule has 0 amide bonds. The van der Waals surface area contributed by atoms with Crippen LogP contribution in [0.2, 0.25) is 12.6 Å². The van der Waals surface area contributed by atoms with Crippen LogP contribution in [-0.2, 0) is 8.85 Å². The Balaban J connectivity index is 3.76. The number of halogens is 1. The van der Waals surface area contributed by atoms with Crippen molar-refractivity contribution in [2.75, 3.05) is 18.5 Å². The third kappa shape index (κ3) is 6.66. The van der Waals surface area contributed by atoms with Gasteiger partial charge in [0.15, 0.2) is 0 Å². The molecule has 13 heavy (non-hydrogen) atoms. The summed E-state index contributed by atoms with van der Waals surface area (Å²) >= 11 is 3.43. The van der Waals surface area contributed by atoms with Crippen molar-refractivity contribution in [1.82, 2.24) is 0 Å². The molecule has 0 rings (SSSR count). The highest BCUT2D eigenvalue weighted by molar-refractivity contribution is 9.09. The van der Waals surface area contributed by atoms with Crippen LogP contribution < -0.4 is 0 Å².